The van der Waals surface area contributed by atoms with Gasteiger partial charge in [-0.25, -0.2) is 4.98 Å². The van der Waals surface area contributed by atoms with Gasteiger partial charge < -0.3 is 13.7 Å². The number of aromatic nitrogens is 1. The van der Waals surface area contributed by atoms with Crippen LogP contribution in [0.25, 0.3) is 66.4 Å². The van der Waals surface area contributed by atoms with E-state index in [4.69, 9.17) is 13.8 Å². The first-order valence-electron chi connectivity index (χ1n) is 15.0. The molecule has 212 valence electrons. The molecule has 9 aromatic rings. The van der Waals surface area contributed by atoms with Crippen LogP contribution >= 0.6 is 0 Å². The highest BCUT2D eigenvalue weighted by Crippen LogP contribution is 2.39. The third-order valence-corrected chi connectivity index (χ3v) is 8.49. The van der Waals surface area contributed by atoms with Gasteiger partial charge in [0.1, 0.15) is 16.7 Å². The molecule has 0 saturated heterocycles. The van der Waals surface area contributed by atoms with Crippen molar-refractivity contribution >= 4 is 60.9 Å². The Labute approximate surface area is 259 Å². The van der Waals surface area contributed by atoms with E-state index < -0.39 is 0 Å². The summed E-state index contributed by atoms with van der Waals surface area (Å²) in [6.45, 7) is 0. The molecule has 9 rings (SSSR count). The summed E-state index contributed by atoms with van der Waals surface area (Å²) in [7, 11) is 0. The highest BCUT2D eigenvalue weighted by atomic mass is 16.3. The molecule has 0 N–H and O–H groups in total. The second kappa shape index (κ2) is 10.2. The third kappa shape index (κ3) is 4.35. The average molecular weight is 579 g/mol. The first-order valence-corrected chi connectivity index (χ1v) is 15.0. The molecule has 7 aromatic carbocycles. The largest absolute Gasteiger partial charge is 0.456 e. The molecular weight excluding hydrogens is 552 g/mol. The summed E-state index contributed by atoms with van der Waals surface area (Å²) in [4.78, 5) is 7.04. The van der Waals surface area contributed by atoms with Crippen LogP contribution in [0.1, 0.15) is 0 Å². The number of fused-ring (bicyclic) bond motifs is 6. The maximum absolute atomic E-state index is 6.33. The molecule has 2 heterocycles. The van der Waals surface area contributed by atoms with Gasteiger partial charge in [-0.15, -0.1) is 0 Å². The molecule has 0 atom stereocenters. The number of furan rings is 1. The number of hydrogen-bond donors (Lipinski definition) is 0. The van der Waals surface area contributed by atoms with Gasteiger partial charge in [0.15, 0.2) is 5.58 Å². The van der Waals surface area contributed by atoms with Crippen molar-refractivity contribution in [2.24, 2.45) is 0 Å². The van der Waals surface area contributed by atoms with Crippen LogP contribution in [-0.4, -0.2) is 4.98 Å². The number of rotatable bonds is 5. The molecule has 0 amide bonds. The fourth-order valence-corrected chi connectivity index (χ4v) is 6.27. The minimum atomic E-state index is 0.634. The van der Waals surface area contributed by atoms with E-state index in [-0.39, 0.29) is 0 Å². The normalized spacial score (nSPS) is 11.6. The molecule has 0 radical (unpaired) electrons. The van der Waals surface area contributed by atoms with E-state index in [0.717, 1.165) is 77.6 Å². The second-order valence-corrected chi connectivity index (χ2v) is 11.2. The van der Waals surface area contributed by atoms with E-state index in [2.05, 4.69) is 108 Å². The zero-order chi connectivity index (χ0) is 29.7. The molecule has 0 unspecified atom stereocenters. The Bertz CT molecular complexity index is 2480. The summed E-state index contributed by atoms with van der Waals surface area (Å²) in [5, 5.41) is 4.42. The Hall–Kier alpha value is -6.13. The van der Waals surface area contributed by atoms with Crippen molar-refractivity contribution in [1.29, 1.82) is 0 Å². The van der Waals surface area contributed by atoms with Crippen LogP contribution in [0.3, 0.4) is 0 Å². The summed E-state index contributed by atoms with van der Waals surface area (Å²) in [5.74, 6) is 0.634. The minimum absolute atomic E-state index is 0.634. The van der Waals surface area contributed by atoms with Gasteiger partial charge in [-0.1, -0.05) is 84.9 Å². The van der Waals surface area contributed by atoms with Crippen LogP contribution in [0.15, 0.2) is 167 Å². The molecule has 0 saturated carbocycles. The predicted molar refractivity (Wildman–Crippen MR) is 184 cm³/mol. The molecule has 0 fully saturated rings. The van der Waals surface area contributed by atoms with E-state index in [1.165, 1.54) is 0 Å². The topological polar surface area (TPSA) is 42.4 Å². The first kappa shape index (κ1) is 25.4. The highest BCUT2D eigenvalue weighted by molar-refractivity contribution is 6.07. The van der Waals surface area contributed by atoms with Crippen molar-refractivity contribution in [2.75, 3.05) is 4.90 Å². The molecule has 0 aliphatic carbocycles. The van der Waals surface area contributed by atoms with E-state index in [1.54, 1.807) is 0 Å². The molecule has 0 aliphatic rings. The molecular formula is C41H26N2O2. The molecule has 0 bridgehead atoms. The van der Waals surface area contributed by atoms with Crippen molar-refractivity contribution in [3.63, 3.8) is 0 Å². The zero-order valence-corrected chi connectivity index (χ0v) is 24.2. The number of para-hydroxylation sites is 2. The number of anilines is 3. The Kier molecular flexibility index (Phi) is 5.78. The molecule has 4 heteroatoms. The lowest BCUT2D eigenvalue weighted by molar-refractivity contribution is 0.623. The Balaban J connectivity index is 1.11. The highest BCUT2D eigenvalue weighted by Gasteiger charge is 2.16. The SMILES string of the molecule is c1ccc(-c2nc3ccc4ccc(-c5ccc(N(c6ccccc6)c6ccc7c(c6)oc6ccccc67)cc5)cc4c3o2)cc1. The average Bonchev–Trinajstić information content (AvgIpc) is 3.71. The third-order valence-electron chi connectivity index (χ3n) is 8.49. The molecule has 0 spiro atoms. The molecule has 0 aliphatic heterocycles. The van der Waals surface area contributed by atoms with Crippen molar-refractivity contribution in [2.45, 2.75) is 0 Å². The second-order valence-electron chi connectivity index (χ2n) is 11.2. The minimum Gasteiger partial charge on any atom is -0.456 e. The molecule has 2 aromatic heterocycles. The summed E-state index contributed by atoms with van der Waals surface area (Å²) in [6, 6.07) is 54.5. The van der Waals surface area contributed by atoms with E-state index in [0.29, 0.717) is 5.89 Å². The maximum atomic E-state index is 6.33. The van der Waals surface area contributed by atoms with Crippen molar-refractivity contribution in [3.05, 3.63) is 158 Å². The lowest BCUT2D eigenvalue weighted by Gasteiger charge is -2.25. The van der Waals surface area contributed by atoms with E-state index >= 15 is 0 Å². The smallest absolute Gasteiger partial charge is 0.227 e. The lowest BCUT2D eigenvalue weighted by Crippen LogP contribution is -2.09. The van der Waals surface area contributed by atoms with Gasteiger partial charge in [-0.05, 0) is 83.2 Å². The number of benzene rings is 7. The quantitative estimate of drug-likeness (QED) is 0.204. The van der Waals surface area contributed by atoms with Gasteiger partial charge in [0.05, 0.1) is 0 Å². The number of hydrogen-bond acceptors (Lipinski definition) is 4. The number of nitrogens with zero attached hydrogens (tertiary/aromatic N) is 2. The zero-order valence-electron chi connectivity index (χ0n) is 24.2. The van der Waals surface area contributed by atoms with Crippen molar-refractivity contribution < 1.29 is 8.83 Å². The van der Waals surface area contributed by atoms with Crippen LogP contribution in [0, 0.1) is 0 Å². The fourth-order valence-electron chi connectivity index (χ4n) is 6.27. The van der Waals surface area contributed by atoms with Gasteiger partial charge >= 0.3 is 0 Å². The molecule has 45 heavy (non-hydrogen) atoms. The van der Waals surface area contributed by atoms with Gasteiger partial charge in [-0.2, -0.15) is 0 Å². The van der Waals surface area contributed by atoms with Gasteiger partial charge in [-0.3, -0.25) is 0 Å². The number of oxazole rings is 1. The Morgan fingerprint density at radius 3 is 1.93 bits per heavy atom. The Morgan fingerprint density at radius 1 is 0.422 bits per heavy atom. The van der Waals surface area contributed by atoms with Gasteiger partial charge in [0.2, 0.25) is 5.89 Å². The van der Waals surface area contributed by atoms with Gasteiger partial charge in [0.25, 0.3) is 0 Å². The lowest BCUT2D eigenvalue weighted by atomic mass is 10.00. The van der Waals surface area contributed by atoms with Crippen LogP contribution < -0.4 is 4.90 Å². The monoisotopic (exact) mass is 578 g/mol. The summed E-state index contributed by atoms with van der Waals surface area (Å²) >= 11 is 0. The predicted octanol–water partition coefficient (Wildman–Crippen LogP) is 11.7. The van der Waals surface area contributed by atoms with Crippen molar-refractivity contribution in [3.8, 4) is 22.6 Å². The standard InChI is InChI=1S/C41H26N2O2/c1-3-9-29(10-4-1)41-42-37-24-19-28-15-16-30(25-36(28)40(37)45-41)27-17-20-32(21-18-27)43(31-11-5-2-6-12-31)33-22-23-35-34-13-7-8-14-38(34)44-39(35)26-33/h1-26H. The van der Waals surface area contributed by atoms with Crippen molar-refractivity contribution in [1.82, 2.24) is 4.98 Å². The maximum Gasteiger partial charge on any atom is 0.227 e. The summed E-state index contributed by atoms with van der Waals surface area (Å²) in [5.41, 5.74) is 9.82. The van der Waals surface area contributed by atoms with Crippen LogP contribution in [0.5, 0.6) is 0 Å². The van der Waals surface area contributed by atoms with Crippen LogP contribution in [0.2, 0.25) is 0 Å². The first-order chi connectivity index (χ1) is 22.3. The summed E-state index contributed by atoms with van der Waals surface area (Å²) < 4.78 is 12.6. The van der Waals surface area contributed by atoms with Gasteiger partial charge in [0, 0.05) is 44.9 Å². The molecule has 4 nitrogen and oxygen atoms in total. The Morgan fingerprint density at radius 2 is 1.09 bits per heavy atom. The van der Waals surface area contributed by atoms with Crippen LogP contribution in [0.4, 0.5) is 17.1 Å². The fraction of sp³-hybridized carbons (Fsp3) is 0. The summed E-state index contributed by atoms with van der Waals surface area (Å²) in [6.07, 6.45) is 0. The van der Waals surface area contributed by atoms with E-state index in [1.807, 2.05) is 54.6 Å². The van der Waals surface area contributed by atoms with E-state index in [9.17, 15) is 0 Å². The van der Waals surface area contributed by atoms with Crippen LogP contribution in [-0.2, 0) is 0 Å².